The van der Waals surface area contributed by atoms with Crippen molar-refractivity contribution in [1.29, 1.82) is 0 Å². The largest absolute Gasteiger partial charge is 0.396 e. The summed E-state index contributed by atoms with van der Waals surface area (Å²) >= 11 is 1.70. The fourth-order valence-electron chi connectivity index (χ4n) is 3.01. The van der Waals surface area contributed by atoms with E-state index in [4.69, 9.17) is 0 Å². The van der Waals surface area contributed by atoms with E-state index in [1.807, 2.05) is 18.7 Å². The summed E-state index contributed by atoms with van der Waals surface area (Å²) in [5.41, 5.74) is 1.10. The maximum Gasteiger partial charge on any atom is 0.317 e. The second-order valence-electron chi connectivity index (χ2n) is 6.22. The first-order valence-corrected chi connectivity index (χ1v) is 8.88. The minimum Gasteiger partial charge on any atom is -0.396 e. The number of thiazole rings is 1. The number of nitrogens with one attached hydrogen (secondary N) is 1. The molecule has 0 saturated carbocycles. The number of nitrogens with zero attached hydrogens (tertiary/aromatic N) is 2. The zero-order valence-electron chi connectivity index (χ0n) is 13.8. The Morgan fingerprint density at radius 2 is 2.09 bits per heavy atom. The number of likely N-dealkylation sites (tertiary alicyclic amines) is 1. The van der Waals surface area contributed by atoms with Crippen LogP contribution in [0.2, 0.25) is 0 Å². The Morgan fingerprint density at radius 1 is 1.41 bits per heavy atom. The third kappa shape index (κ3) is 3.98. The molecule has 0 spiro atoms. The molecular formula is C16H27N3O2S. The molecule has 1 fully saturated rings. The summed E-state index contributed by atoms with van der Waals surface area (Å²) < 4.78 is 0. The molecule has 1 aromatic heterocycles. The van der Waals surface area contributed by atoms with Crippen molar-refractivity contribution in [3.05, 3.63) is 15.6 Å². The molecule has 0 aromatic carbocycles. The third-order valence-electron chi connectivity index (χ3n) is 4.82. The normalized spacial score (nSPS) is 17.5. The number of rotatable bonds is 5. The molecule has 0 radical (unpaired) electrons. The van der Waals surface area contributed by atoms with E-state index in [-0.39, 0.29) is 18.1 Å². The van der Waals surface area contributed by atoms with E-state index in [1.54, 1.807) is 11.3 Å². The molecule has 2 heterocycles. The minimum atomic E-state index is 0.0153. The van der Waals surface area contributed by atoms with Gasteiger partial charge in [-0.3, -0.25) is 0 Å². The Hall–Kier alpha value is -1.14. The second kappa shape index (κ2) is 7.42. The highest BCUT2D eigenvalue weighted by molar-refractivity contribution is 7.11. The fraction of sp³-hybridized carbons (Fsp3) is 0.750. The molecule has 2 N–H and O–H groups in total. The van der Waals surface area contributed by atoms with E-state index in [9.17, 15) is 9.90 Å². The van der Waals surface area contributed by atoms with Crippen molar-refractivity contribution < 1.29 is 9.90 Å². The van der Waals surface area contributed by atoms with Crippen LogP contribution in [0.15, 0.2) is 0 Å². The molecule has 2 amide bonds. The molecule has 0 aliphatic carbocycles. The molecule has 2 rings (SSSR count). The molecule has 22 heavy (non-hydrogen) atoms. The van der Waals surface area contributed by atoms with Crippen LogP contribution in [0.5, 0.6) is 0 Å². The number of aryl methyl sites for hydroxylation is 2. The summed E-state index contributed by atoms with van der Waals surface area (Å²) in [7, 11) is 0. The molecule has 0 bridgehead atoms. The van der Waals surface area contributed by atoms with Crippen molar-refractivity contribution in [2.45, 2.75) is 46.5 Å². The summed E-state index contributed by atoms with van der Waals surface area (Å²) in [4.78, 5) is 19.7. The average molecular weight is 325 g/mol. The van der Waals surface area contributed by atoms with E-state index in [0.29, 0.717) is 6.54 Å². The van der Waals surface area contributed by atoms with Crippen LogP contribution in [0, 0.1) is 19.3 Å². The zero-order chi connectivity index (χ0) is 16.2. The third-order valence-corrected chi connectivity index (χ3v) is 5.96. The van der Waals surface area contributed by atoms with Gasteiger partial charge >= 0.3 is 6.03 Å². The molecule has 0 unspecified atom stereocenters. The smallest absolute Gasteiger partial charge is 0.317 e. The lowest BCUT2D eigenvalue weighted by atomic mass is 9.77. The highest BCUT2D eigenvalue weighted by Crippen LogP contribution is 2.34. The monoisotopic (exact) mass is 325 g/mol. The first kappa shape index (κ1) is 17.2. The average Bonchev–Trinajstić information content (AvgIpc) is 2.85. The summed E-state index contributed by atoms with van der Waals surface area (Å²) in [5, 5.41) is 13.6. The molecule has 6 heteroatoms. The van der Waals surface area contributed by atoms with Gasteiger partial charge in [0.1, 0.15) is 0 Å². The number of amides is 2. The van der Waals surface area contributed by atoms with Gasteiger partial charge in [-0.05, 0) is 38.5 Å². The van der Waals surface area contributed by atoms with Crippen molar-refractivity contribution in [2.75, 3.05) is 26.2 Å². The Labute approximate surface area is 136 Å². The predicted octanol–water partition coefficient (Wildman–Crippen LogP) is 2.50. The maximum atomic E-state index is 12.2. The topological polar surface area (TPSA) is 65.5 Å². The van der Waals surface area contributed by atoms with E-state index >= 15 is 0 Å². The van der Waals surface area contributed by atoms with Gasteiger partial charge in [-0.2, -0.15) is 0 Å². The van der Waals surface area contributed by atoms with Gasteiger partial charge < -0.3 is 15.3 Å². The Bertz CT molecular complexity index is 501. The fourth-order valence-corrected chi connectivity index (χ4v) is 3.94. The van der Waals surface area contributed by atoms with Crippen LogP contribution in [0.3, 0.4) is 0 Å². The van der Waals surface area contributed by atoms with Crippen LogP contribution in [0.1, 0.15) is 41.8 Å². The zero-order valence-corrected chi connectivity index (χ0v) is 14.6. The van der Waals surface area contributed by atoms with E-state index in [2.05, 4.69) is 17.2 Å². The van der Waals surface area contributed by atoms with Crippen LogP contribution in [-0.2, 0) is 6.42 Å². The van der Waals surface area contributed by atoms with Gasteiger partial charge in [0.05, 0.1) is 10.7 Å². The molecule has 0 atom stereocenters. The quantitative estimate of drug-likeness (QED) is 0.874. The van der Waals surface area contributed by atoms with Crippen molar-refractivity contribution in [3.63, 3.8) is 0 Å². The molecule has 124 valence electrons. The van der Waals surface area contributed by atoms with Gasteiger partial charge in [0.25, 0.3) is 0 Å². The first-order chi connectivity index (χ1) is 10.5. The van der Waals surface area contributed by atoms with Crippen LogP contribution in [0.4, 0.5) is 4.79 Å². The van der Waals surface area contributed by atoms with Gasteiger partial charge in [0.15, 0.2) is 0 Å². The van der Waals surface area contributed by atoms with Gasteiger partial charge in [-0.25, -0.2) is 9.78 Å². The molecule has 1 aliphatic rings. The van der Waals surface area contributed by atoms with Gasteiger partial charge in [-0.1, -0.05) is 6.92 Å². The Kier molecular flexibility index (Phi) is 5.81. The first-order valence-electron chi connectivity index (χ1n) is 8.06. The number of carbonyl (C=O) groups is 1. The summed E-state index contributed by atoms with van der Waals surface area (Å²) in [5.74, 6) is 0. The number of aliphatic hydroxyl groups is 1. The predicted molar refractivity (Wildman–Crippen MR) is 89.3 cm³/mol. The van der Waals surface area contributed by atoms with E-state index in [0.717, 1.165) is 49.5 Å². The lowest BCUT2D eigenvalue weighted by Crippen LogP contribution is -2.48. The number of hydrogen-bond acceptors (Lipinski definition) is 4. The number of piperidine rings is 1. The maximum absolute atomic E-state index is 12.2. The minimum absolute atomic E-state index is 0.0153. The van der Waals surface area contributed by atoms with Gasteiger partial charge in [0.2, 0.25) is 0 Å². The number of aliphatic hydroxyl groups excluding tert-OH is 1. The van der Waals surface area contributed by atoms with Crippen LogP contribution >= 0.6 is 11.3 Å². The summed E-state index contributed by atoms with van der Waals surface area (Å²) in [6.07, 6.45) is 3.59. The van der Waals surface area contributed by atoms with Crippen molar-refractivity contribution in [1.82, 2.24) is 15.2 Å². The van der Waals surface area contributed by atoms with Crippen molar-refractivity contribution >= 4 is 17.4 Å². The number of urea groups is 1. The number of hydrogen-bond donors (Lipinski definition) is 2. The molecule has 1 saturated heterocycles. The summed E-state index contributed by atoms with van der Waals surface area (Å²) in [6.45, 7) is 8.49. The standard InChI is InChI=1S/C16H27N3O2S/c1-4-16(11-20)6-9-19(10-7-16)15(21)17-8-5-14-12(2)18-13(3)22-14/h20H,4-11H2,1-3H3,(H,17,21). The Balaban J connectivity index is 1.76. The second-order valence-corrected chi connectivity index (χ2v) is 7.51. The van der Waals surface area contributed by atoms with E-state index in [1.165, 1.54) is 4.88 Å². The SMILES string of the molecule is CCC1(CO)CCN(C(=O)NCCc2sc(C)nc2C)CC1. The van der Waals surface area contributed by atoms with Gasteiger partial charge in [0, 0.05) is 37.5 Å². The lowest BCUT2D eigenvalue weighted by Gasteiger charge is -2.40. The highest BCUT2D eigenvalue weighted by atomic mass is 32.1. The molecule has 1 aromatic rings. The van der Waals surface area contributed by atoms with Crippen LogP contribution in [0.25, 0.3) is 0 Å². The Morgan fingerprint density at radius 3 is 2.59 bits per heavy atom. The molecular weight excluding hydrogens is 298 g/mol. The van der Waals surface area contributed by atoms with Crippen molar-refractivity contribution in [3.8, 4) is 0 Å². The lowest BCUT2D eigenvalue weighted by molar-refractivity contribution is 0.0520. The summed E-state index contributed by atoms with van der Waals surface area (Å²) in [6, 6.07) is 0.0153. The van der Waals surface area contributed by atoms with E-state index < -0.39 is 0 Å². The molecule has 1 aliphatic heterocycles. The van der Waals surface area contributed by atoms with Crippen molar-refractivity contribution in [2.24, 2.45) is 5.41 Å². The van der Waals surface area contributed by atoms with Crippen LogP contribution in [-0.4, -0.2) is 47.3 Å². The highest BCUT2D eigenvalue weighted by Gasteiger charge is 2.33. The molecule has 5 nitrogen and oxygen atoms in total. The van der Waals surface area contributed by atoms with Gasteiger partial charge in [-0.15, -0.1) is 11.3 Å². The van der Waals surface area contributed by atoms with Crippen LogP contribution < -0.4 is 5.32 Å². The number of carbonyl (C=O) groups excluding carboxylic acids is 1. The number of aromatic nitrogens is 1.